The van der Waals surface area contributed by atoms with Crippen molar-refractivity contribution in [1.82, 2.24) is 0 Å². The molecule has 0 aromatic heterocycles. The van der Waals surface area contributed by atoms with E-state index in [2.05, 4.69) is 20.8 Å². The van der Waals surface area contributed by atoms with E-state index in [1.807, 2.05) is 37.3 Å². The Kier molecular flexibility index (Phi) is 4.27. The van der Waals surface area contributed by atoms with Gasteiger partial charge in [0, 0.05) is 5.56 Å². The summed E-state index contributed by atoms with van der Waals surface area (Å²) in [5.41, 5.74) is 4.89. The molecular weight excluding hydrogens is 244 g/mol. The monoisotopic (exact) mass is 268 g/mol. The van der Waals surface area contributed by atoms with Gasteiger partial charge in [-0.2, -0.15) is 0 Å². The van der Waals surface area contributed by atoms with Crippen LogP contribution in [0.2, 0.25) is 0 Å². The minimum atomic E-state index is 0.0895. The zero-order valence-corrected chi connectivity index (χ0v) is 13.0. The fourth-order valence-electron chi connectivity index (χ4n) is 2.98. The SMILES string of the molecule is CC1=C(/C=C/C(=O)c2ccc(C)cc2)C(C)(C)CCC1. The first-order valence-electron chi connectivity index (χ1n) is 7.39. The number of hydrogen-bond donors (Lipinski definition) is 0. The normalized spacial score (nSPS) is 18.6. The quantitative estimate of drug-likeness (QED) is 0.540. The molecule has 106 valence electrons. The Hall–Kier alpha value is -1.63. The van der Waals surface area contributed by atoms with Crippen molar-refractivity contribution in [2.24, 2.45) is 5.41 Å². The van der Waals surface area contributed by atoms with Crippen LogP contribution >= 0.6 is 0 Å². The van der Waals surface area contributed by atoms with Crippen LogP contribution in [0.5, 0.6) is 0 Å². The molecule has 1 aliphatic carbocycles. The molecule has 0 unspecified atom stereocenters. The van der Waals surface area contributed by atoms with Crippen LogP contribution in [0.15, 0.2) is 47.6 Å². The van der Waals surface area contributed by atoms with Gasteiger partial charge in [0.1, 0.15) is 0 Å². The van der Waals surface area contributed by atoms with Crippen molar-refractivity contribution in [2.75, 3.05) is 0 Å². The maximum Gasteiger partial charge on any atom is 0.185 e. The molecule has 0 amide bonds. The molecule has 0 saturated heterocycles. The lowest BCUT2D eigenvalue weighted by Gasteiger charge is -2.32. The number of allylic oxidation sites excluding steroid dienone is 4. The Morgan fingerprint density at radius 2 is 1.80 bits per heavy atom. The Bertz CT molecular complexity index is 556. The van der Waals surface area contributed by atoms with Crippen LogP contribution in [0.3, 0.4) is 0 Å². The standard InChI is InChI=1S/C19H24O/c1-14-7-9-16(10-8-14)18(20)12-11-17-15(2)6-5-13-19(17,3)4/h7-12H,5-6,13H2,1-4H3/b12-11+. The third-order valence-electron chi connectivity index (χ3n) is 4.28. The molecule has 0 bridgehead atoms. The van der Waals surface area contributed by atoms with E-state index >= 15 is 0 Å². The summed E-state index contributed by atoms with van der Waals surface area (Å²) < 4.78 is 0. The lowest BCUT2D eigenvalue weighted by atomic mass is 9.72. The average molecular weight is 268 g/mol. The summed E-state index contributed by atoms with van der Waals surface area (Å²) >= 11 is 0. The summed E-state index contributed by atoms with van der Waals surface area (Å²) in [6.45, 7) is 8.76. The summed E-state index contributed by atoms with van der Waals surface area (Å²) in [5, 5.41) is 0. The molecule has 0 spiro atoms. The van der Waals surface area contributed by atoms with Crippen LogP contribution < -0.4 is 0 Å². The molecule has 1 aromatic carbocycles. The Balaban J connectivity index is 2.20. The van der Waals surface area contributed by atoms with Crippen molar-refractivity contribution in [3.05, 3.63) is 58.7 Å². The molecule has 20 heavy (non-hydrogen) atoms. The summed E-state index contributed by atoms with van der Waals surface area (Å²) in [7, 11) is 0. The number of hydrogen-bond acceptors (Lipinski definition) is 1. The lowest BCUT2D eigenvalue weighted by molar-refractivity contribution is 0.104. The molecule has 0 aliphatic heterocycles. The van der Waals surface area contributed by atoms with Crippen molar-refractivity contribution in [3.63, 3.8) is 0 Å². The zero-order chi connectivity index (χ0) is 14.8. The van der Waals surface area contributed by atoms with Gasteiger partial charge in [-0.1, -0.05) is 55.3 Å². The number of ketones is 1. The topological polar surface area (TPSA) is 17.1 Å². The predicted octanol–water partition coefficient (Wildman–Crippen LogP) is 5.26. The molecule has 1 nitrogen and oxygen atoms in total. The van der Waals surface area contributed by atoms with Crippen molar-refractivity contribution in [1.29, 1.82) is 0 Å². The third kappa shape index (κ3) is 3.27. The van der Waals surface area contributed by atoms with Crippen LogP contribution in [-0.2, 0) is 0 Å². The largest absolute Gasteiger partial charge is 0.289 e. The van der Waals surface area contributed by atoms with Crippen molar-refractivity contribution in [2.45, 2.75) is 47.0 Å². The Morgan fingerprint density at radius 1 is 1.15 bits per heavy atom. The third-order valence-corrected chi connectivity index (χ3v) is 4.28. The smallest absolute Gasteiger partial charge is 0.185 e. The molecule has 1 aliphatic rings. The number of carbonyl (C=O) groups excluding carboxylic acids is 1. The number of benzene rings is 1. The summed E-state index contributed by atoms with van der Waals surface area (Å²) in [5.74, 6) is 0.0895. The minimum absolute atomic E-state index is 0.0895. The lowest BCUT2D eigenvalue weighted by Crippen LogP contribution is -2.19. The van der Waals surface area contributed by atoms with Crippen LogP contribution in [0.1, 0.15) is 56.0 Å². The first-order valence-corrected chi connectivity index (χ1v) is 7.39. The molecule has 0 saturated carbocycles. The van der Waals surface area contributed by atoms with Crippen LogP contribution in [0, 0.1) is 12.3 Å². The van der Waals surface area contributed by atoms with E-state index in [1.54, 1.807) is 6.08 Å². The highest BCUT2D eigenvalue weighted by Gasteiger charge is 2.26. The van der Waals surface area contributed by atoms with Gasteiger partial charge in [0.05, 0.1) is 0 Å². The molecular formula is C19H24O. The predicted molar refractivity (Wildman–Crippen MR) is 85.0 cm³/mol. The summed E-state index contributed by atoms with van der Waals surface area (Å²) in [6, 6.07) is 7.76. The average Bonchev–Trinajstić information content (AvgIpc) is 2.38. The Labute approximate surface area is 122 Å². The van der Waals surface area contributed by atoms with Gasteiger partial charge in [-0.05, 0) is 50.2 Å². The summed E-state index contributed by atoms with van der Waals surface area (Å²) in [4.78, 5) is 12.2. The maximum atomic E-state index is 12.2. The fraction of sp³-hybridized carbons (Fsp3) is 0.421. The van der Waals surface area contributed by atoms with Gasteiger partial charge in [0.2, 0.25) is 0 Å². The fourth-order valence-corrected chi connectivity index (χ4v) is 2.98. The molecule has 1 heteroatoms. The molecule has 0 fully saturated rings. The molecule has 1 aromatic rings. The van der Waals surface area contributed by atoms with Crippen molar-refractivity contribution < 1.29 is 4.79 Å². The molecule has 0 radical (unpaired) electrons. The number of carbonyl (C=O) groups is 1. The van der Waals surface area contributed by atoms with Gasteiger partial charge in [0.25, 0.3) is 0 Å². The zero-order valence-electron chi connectivity index (χ0n) is 13.0. The van der Waals surface area contributed by atoms with Gasteiger partial charge in [-0.25, -0.2) is 0 Å². The Morgan fingerprint density at radius 3 is 2.40 bits per heavy atom. The molecule has 2 rings (SSSR count). The van der Waals surface area contributed by atoms with E-state index < -0.39 is 0 Å². The van der Waals surface area contributed by atoms with E-state index in [1.165, 1.54) is 29.6 Å². The van der Waals surface area contributed by atoms with E-state index in [-0.39, 0.29) is 11.2 Å². The van der Waals surface area contributed by atoms with Crippen LogP contribution in [0.4, 0.5) is 0 Å². The van der Waals surface area contributed by atoms with Crippen molar-refractivity contribution >= 4 is 5.78 Å². The van der Waals surface area contributed by atoms with E-state index in [4.69, 9.17) is 0 Å². The highest BCUT2D eigenvalue weighted by molar-refractivity contribution is 6.04. The second-order valence-corrected chi connectivity index (χ2v) is 6.50. The van der Waals surface area contributed by atoms with Gasteiger partial charge >= 0.3 is 0 Å². The molecule has 0 N–H and O–H groups in total. The maximum absolute atomic E-state index is 12.2. The second kappa shape index (κ2) is 5.78. The van der Waals surface area contributed by atoms with Gasteiger partial charge in [-0.15, -0.1) is 0 Å². The summed E-state index contributed by atoms with van der Waals surface area (Å²) in [6.07, 6.45) is 7.37. The first-order chi connectivity index (χ1) is 9.40. The number of aryl methyl sites for hydroxylation is 1. The van der Waals surface area contributed by atoms with E-state index in [0.717, 1.165) is 12.0 Å². The molecule has 0 heterocycles. The number of rotatable bonds is 3. The van der Waals surface area contributed by atoms with Gasteiger partial charge in [-0.3, -0.25) is 4.79 Å². The van der Waals surface area contributed by atoms with Gasteiger partial charge in [0.15, 0.2) is 5.78 Å². The highest BCUT2D eigenvalue weighted by Crippen LogP contribution is 2.40. The first kappa shape index (κ1) is 14.8. The second-order valence-electron chi connectivity index (χ2n) is 6.50. The molecule has 0 atom stereocenters. The van der Waals surface area contributed by atoms with Gasteiger partial charge < -0.3 is 0 Å². The van der Waals surface area contributed by atoms with Crippen molar-refractivity contribution in [3.8, 4) is 0 Å². The van der Waals surface area contributed by atoms with Crippen LogP contribution in [-0.4, -0.2) is 5.78 Å². The van der Waals surface area contributed by atoms with E-state index in [9.17, 15) is 4.79 Å². The van der Waals surface area contributed by atoms with E-state index in [0.29, 0.717) is 0 Å². The highest BCUT2D eigenvalue weighted by atomic mass is 16.1. The van der Waals surface area contributed by atoms with Crippen LogP contribution in [0.25, 0.3) is 0 Å². The minimum Gasteiger partial charge on any atom is -0.289 e.